The standard InChI is InChI=1S/C13H15N/c1-13(9-7-12(14)8-10-13)11-5-3-2-4-6-11/h2-9H,10,14H2,1H3. The van der Waals surface area contributed by atoms with Crippen LogP contribution in [0.2, 0.25) is 0 Å². The minimum Gasteiger partial charge on any atom is -0.399 e. The Kier molecular flexibility index (Phi) is 2.16. The fourth-order valence-corrected chi connectivity index (χ4v) is 1.78. The Hall–Kier alpha value is -1.50. The van der Waals surface area contributed by atoms with Gasteiger partial charge in [0.15, 0.2) is 0 Å². The van der Waals surface area contributed by atoms with E-state index in [0.717, 1.165) is 12.1 Å². The SMILES string of the molecule is CC1(c2ccccc2)C=CC(N)=CC1. The number of hydrogen-bond acceptors (Lipinski definition) is 1. The van der Waals surface area contributed by atoms with E-state index in [4.69, 9.17) is 5.73 Å². The van der Waals surface area contributed by atoms with Gasteiger partial charge in [-0.3, -0.25) is 0 Å². The molecule has 0 fully saturated rings. The maximum absolute atomic E-state index is 5.71. The maximum Gasteiger partial charge on any atom is 0.0270 e. The van der Waals surface area contributed by atoms with Gasteiger partial charge < -0.3 is 5.73 Å². The van der Waals surface area contributed by atoms with E-state index in [0.29, 0.717) is 0 Å². The number of rotatable bonds is 1. The van der Waals surface area contributed by atoms with Gasteiger partial charge in [0.05, 0.1) is 0 Å². The minimum absolute atomic E-state index is 0.115. The third kappa shape index (κ3) is 1.58. The smallest absolute Gasteiger partial charge is 0.0270 e. The van der Waals surface area contributed by atoms with Crippen LogP contribution in [0.1, 0.15) is 18.9 Å². The normalized spacial score (nSPS) is 25.9. The van der Waals surface area contributed by atoms with Crippen molar-refractivity contribution >= 4 is 0 Å². The molecule has 1 aliphatic carbocycles. The first-order valence-corrected chi connectivity index (χ1v) is 4.91. The quantitative estimate of drug-likeness (QED) is 0.715. The maximum atomic E-state index is 5.71. The van der Waals surface area contributed by atoms with E-state index >= 15 is 0 Å². The van der Waals surface area contributed by atoms with Crippen LogP contribution in [0, 0.1) is 0 Å². The number of nitrogens with two attached hydrogens (primary N) is 1. The Morgan fingerprint density at radius 1 is 1.21 bits per heavy atom. The molecule has 0 bridgehead atoms. The second kappa shape index (κ2) is 3.33. The van der Waals surface area contributed by atoms with Crippen LogP contribution in [-0.2, 0) is 5.41 Å². The number of hydrogen-bond donors (Lipinski definition) is 1. The van der Waals surface area contributed by atoms with E-state index in [1.165, 1.54) is 5.56 Å². The third-order valence-electron chi connectivity index (χ3n) is 2.84. The molecule has 0 saturated carbocycles. The highest BCUT2D eigenvalue weighted by atomic mass is 14.6. The average molecular weight is 185 g/mol. The molecule has 1 aliphatic rings. The Labute approximate surface area is 84.9 Å². The van der Waals surface area contributed by atoms with Gasteiger partial charge in [-0.25, -0.2) is 0 Å². The van der Waals surface area contributed by atoms with Crippen molar-refractivity contribution in [3.8, 4) is 0 Å². The van der Waals surface area contributed by atoms with Gasteiger partial charge in [-0.05, 0) is 18.1 Å². The van der Waals surface area contributed by atoms with Crippen LogP contribution in [-0.4, -0.2) is 0 Å². The largest absolute Gasteiger partial charge is 0.399 e. The summed E-state index contributed by atoms with van der Waals surface area (Å²) in [6, 6.07) is 10.5. The topological polar surface area (TPSA) is 26.0 Å². The van der Waals surface area contributed by atoms with Gasteiger partial charge in [0.25, 0.3) is 0 Å². The molecule has 0 heterocycles. The zero-order valence-electron chi connectivity index (χ0n) is 8.40. The molecule has 0 saturated heterocycles. The molecule has 0 radical (unpaired) electrons. The lowest BCUT2D eigenvalue weighted by Crippen LogP contribution is -2.21. The first kappa shape index (κ1) is 9.07. The van der Waals surface area contributed by atoms with Crippen molar-refractivity contribution in [2.45, 2.75) is 18.8 Å². The molecule has 0 aliphatic heterocycles. The van der Waals surface area contributed by atoms with Crippen LogP contribution in [0.25, 0.3) is 0 Å². The Bertz CT molecular complexity index is 375. The lowest BCUT2D eigenvalue weighted by molar-refractivity contribution is 0.596. The molecule has 1 nitrogen and oxygen atoms in total. The monoisotopic (exact) mass is 185 g/mol. The van der Waals surface area contributed by atoms with Crippen LogP contribution < -0.4 is 5.73 Å². The van der Waals surface area contributed by atoms with E-state index < -0.39 is 0 Å². The predicted octanol–water partition coefficient (Wildman–Crippen LogP) is 2.75. The minimum atomic E-state index is 0.115. The predicted molar refractivity (Wildman–Crippen MR) is 59.8 cm³/mol. The van der Waals surface area contributed by atoms with Gasteiger partial charge in [-0.1, -0.05) is 49.4 Å². The third-order valence-corrected chi connectivity index (χ3v) is 2.84. The summed E-state index contributed by atoms with van der Waals surface area (Å²) in [6.07, 6.45) is 7.26. The van der Waals surface area contributed by atoms with Gasteiger partial charge in [0.2, 0.25) is 0 Å². The summed E-state index contributed by atoms with van der Waals surface area (Å²) in [5.74, 6) is 0. The molecule has 0 aromatic heterocycles. The van der Waals surface area contributed by atoms with Crippen molar-refractivity contribution in [1.29, 1.82) is 0 Å². The molecule has 0 amide bonds. The van der Waals surface area contributed by atoms with Crippen molar-refractivity contribution in [3.63, 3.8) is 0 Å². The van der Waals surface area contributed by atoms with Crippen LogP contribution in [0.15, 0.2) is 54.3 Å². The second-order valence-corrected chi connectivity index (χ2v) is 4.03. The van der Waals surface area contributed by atoms with E-state index in [-0.39, 0.29) is 5.41 Å². The second-order valence-electron chi connectivity index (χ2n) is 4.03. The highest BCUT2D eigenvalue weighted by Gasteiger charge is 2.23. The first-order chi connectivity index (χ1) is 6.71. The summed E-state index contributed by atoms with van der Waals surface area (Å²) in [5, 5.41) is 0. The van der Waals surface area contributed by atoms with Crippen LogP contribution in [0.4, 0.5) is 0 Å². The summed E-state index contributed by atoms with van der Waals surface area (Å²) in [5.41, 5.74) is 8.04. The zero-order valence-corrected chi connectivity index (χ0v) is 8.40. The van der Waals surface area contributed by atoms with Crippen LogP contribution in [0.3, 0.4) is 0 Å². The van der Waals surface area contributed by atoms with Crippen molar-refractivity contribution in [2.24, 2.45) is 5.73 Å². The first-order valence-electron chi connectivity index (χ1n) is 4.91. The molecule has 1 unspecified atom stereocenters. The van der Waals surface area contributed by atoms with Gasteiger partial charge in [-0.2, -0.15) is 0 Å². The molecule has 2 N–H and O–H groups in total. The Morgan fingerprint density at radius 2 is 1.93 bits per heavy atom. The molecule has 1 atom stereocenters. The summed E-state index contributed by atoms with van der Waals surface area (Å²) in [4.78, 5) is 0. The molecule has 14 heavy (non-hydrogen) atoms. The van der Waals surface area contributed by atoms with Crippen molar-refractivity contribution in [2.75, 3.05) is 0 Å². The van der Waals surface area contributed by atoms with E-state index in [2.05, 4.69) is 43.3 Å². The van der Waals surface area contributed by atoms with Gasteiger partial charge in [0.1, 0.15) is 0 Å². The van der Waals surface area contributed by atoms with Gasteiger partial charge >= 0.3 is 0 Å². The lowest BCUT2D eigenvalue weighted by Gasteiger charge is -2.27. The molecular weight excluding hydrogens is 170 g/mol. The molecular formula is C13H15N. The van der Waals surface area contributed by atoms with Gasteiger partial charge in [-0.15, -0.1) is 0 Å². The molecule has 2 rings (SSSR count). The molecule has 1 aromatic carbocycles. The van der Waals surface area contributed by atoms with Crippen molar-refractivity contribution in [3.05, 3.63) is 59.8 Å². The molecule has 1 heteroatoms. The highest BCUT2D eigenvalue weighted by Crippen LogP contribution is 2.32. The summed E-state index contributed by atoms with van der Waals surface area (Å²) < 4.78 is 0. The summed E-state index contributed by atoms with van der Waals surface area (Å²) >= 11 is 0. The number of allylic oxidation sites excluding steroid dienone is 3. The van der Waals surface area contributed by atoms with Crippen LogP contribution >= 0.6 is 0 Å². The fourth-order valence-electron chi connectivity index (χ4n) is 1.78. The zero-order chi connectivity index (χ0) is 10.0. The van der Waals surface area contributed by atoms with E-state index in [9.17, 15) is 0 Å². The van der Waals surface area contributed by atoms with E-state index in [1.54, 1.807) is 0 Å². The molecule has 1 aromatic rings. The lowest BCUT2D eigenvalue weighted by atomic mass is 9.77. The average Bonchev–Trinajstić information content (AvgIpc) is 2.24. The van der Waals surface area contributed by atoms with Crippen LogP contribution in [0.5, 0.6) is 0 Å². The van der Waals surface area contributed by atoms with Gasteiger partial charge in [0, 0.05) is 11.1 Å². The molecule has 0 spiro atoms. The highest BCUT2D eigenvalue weighted by molar-refractivity contribution is 5.36. The van der Waals surface area contributed by atoms with Crippen molar-refractivity contribution in [1.82, 2.24) is 0 Å². The van der Waals surface area contributed by atoms with Crippen molar-refractivity contribution < 1.29 is 0 Å². The Morgan fingerprint density at radius 3 is 2.50 bits per heavy atom. The molecule has 72 valence electrons. The summed E-state index contributed by atoms with van der Waals surface area (Å²) in [6.45, 7) is 2.24. The summed E-state index contributed by atoms with van der Waals surface area (Å²) in [7, 11) is 0. The Balaban J connectivity index is 2.32. The fraction of sp³-hybridized carbons (Fsp3) is 0.231. The van der Waals surface area contributed by atoms with E-state index in [1.807, 2.05) is 12.1 Å². The number of benzene rings is 1.